The molecule has 1 fully saturated rings. The highest BCUT2D eigenvalue weighted by Crippen LogP contribution is 2.20. The lowest BCUT2D eigenvalue weighted by Crippen LogP contribution is -2.46. The molecule has 0 aromatic heterocycles. The predicted octanol–water partition coefficient (Wildman–Crippen LogP) is 1.46. The summed E-state index contributed by atoms with van der Waals surface area (Å²) in [5.41, 5.74) is 0. The van der Waals surface area contributed by atoms with Crippen LogP contribution in [0.25, 0.3) is 0 Å². The number of likely N-dealkylation sites (tertiary alicyclic amines) is 1. The molecule has 11 heteroatoms. The highest BCUT2D eigenvalue weighted by molar-refractivity contribution is 7.89. The molecule has 1 heterocycles. The smallest absolute Gasteiger partial charge is 0.405 e. The number of benzene rings is 1. The maximum Gasteiger partial charge on any atom is 0.405 e. The first-order chi connectivity index (χ1) is 13.0. The van der Waals surface area contributed by atoms with Crippen molar-refractivity contribution in [3.63, 3.8) is 0 Å². The third-order valence-corrected chi connectivity index (χ3v) is 6.21. The Morgan fingerprint density at radius 3 is 2.50 bits per heavy atom. The Morgan fingerprint density at radius 2 is 1.93 bits per heavy atom. The normalized spacial score (nSPS) is 18.4. The van der Waals surface area contributed by atoms with Gasteiger partial charge in [-0.05, 0) is 43.7 Å². The molecule has 0 bridgehead atoms. The number of hydrogen-bond acceptors (Lipinski definition) is 5. The van der Waals surface area contributed by atoms with Crippen LogP contribution < -0.4 is 10.1 Å². The number of carbonyl (C=O) groups is 1. The minimum Gasteiger partial charge on any atom is -0.492 e. The molecule has 1 aromatic carbocycles. The maximum absolute atomic E-state index is 12.2. The molecule has 1 amide bonds. The zero-order valence-corrected chi connectivity index (χ0v) is 16.5. The molecule has 1 aromatic rings. The van der Waals surface area contributed by atoms with Crippen molar-refractivity contribution in [3.05, 3.63) is 24.3 Å². The first kappa shape index (κ1) is 22.4. The maximum atomic E-state index is 12.2. The van der Waals surface area contributed by atoms with E-state index in [1.807, 2.05) is 5.32 Å². The number of carbonyl (C=O) groups excluding carboxylic acids is 1. The van der Waals surface area contributed by atoms with Gasteiger partial charge in [-0.25, -0.2) is 12.7 Å². The minimum atomic E-state index is -4.44. The summed E-state index contributed by atoms with van der Waals surface area (Å²) in [6.45, 7) is -0.132. The minimum absolute atomic E-state index is 0.144. The Labute approximate surface area is 162 Å². The van der Waals surface area contributed by atoms with Gasteiger partial charge >= 0.3 is 6.18 Å². The summed E-state index contributed by atoms with van der Waals surface area (Å²) in [7, 11) is -0.632. The lowest BCUT2D eigenvalue weighted by Gasteiger charge is -2.24. The van der Waals surface area contributed by atoms with Gasteiger partial charge in [-0.2, -0.15) is 13.2 Å². The quantitative estimate of drug-likeness (QED) is 0.685. The number of ether oxygens (including phenoxy) is 1. The van der Waals surface area contributed by atoms with Crippen molar-refractivity contribution < 1.29 is 31.1 Å². The van der Waals surface area contributed by atoms with Crippen LogP contribution in [0.2, 0.25) is 0 Å². The van der Waals surface area contributed by atoms with Crippen LogP contribution >= 0.6 is 0 Å². The van der Waals surface area contributed by atoms with E-state index in [0.29, 0.717) is 25.3 Å². The molecular weight excluding hydrogens is 399 g/mol. The van der Waals surface area contributed by atoms with Crippen LogP contribution in [-0.4, -0.2) is 76.1 Å². The van der Waals surface area contributed by atoms with Gasteiger partial charge in [0.2, 0.25) is 15.9 Å². The molecule has 1 atom stereocenters. The lowest BCUT2D eigenvalue weighted by atomic mass is 10.2. The molecule has 7 nitrogen and oxygen atoms in total. The fraction of sp³-hybridized carbons (Fsp3) is 0.588. The molecule has 1 N–H and O–H groups in total. The third kappa shape index (κ3) is 6.08. The van der Waals surface area contributed by atoms with E-state index in [0.717, 1.165) is 10.7 Å². The van der Waals surface area contributed by atoms with Crippen molar-refractivity contribution in [1.29, 1.82) is 0 Å². The molecule has 1 unspecified atom stereocenters. The van der Waals surface area contributed by atoms with E-state index in [2.05, 4.69) is 0 Å². The highest BCUT2D eigenvalue weighted by atomic mass is 32.2. The summed E-state index contributed by atoms with van der Waals surface area (Å²) in [6.07, 6.45) is -3.21. The molecule has 1 aliphatic rings. The van der Waals surface area contributed by atoms with E-state index in [-0.39, 0.29) is 11.5 Å². The van der Waals surface area contributed by atoms with Crippen LogP contribution in [0, 0.1) is 0 Å². The van der Waals surface area contributed by atoms with Crippen molar-refractivity contribution in [2.24, 2.45) is 0 Å². The van der Waals surface area contributed by atoms with Gasteiger partial charge in [0, 0.05) is 20.6 Å². The van der Waals surface area contributed by atoms with E-state index >= 15 is 0 Å². The molecule has 0 radical (unpaired) electrons. The van der Waals surface area contributed by atoms with Gasteiger partial charge in [0.1, 0.15) is 18.9 Å². The number of hydrogen-bond donors (Lipinski definition) is 1. The molecule has 1 saturated heterocycles. The second-order valence-electron chi connectivity index (χ2n) is 6.63. The zero-order valence-electron chi connectivity index (χ0n) is 15.7. The van der Waals surface area contributed by atoms with Crippen molar-refractivity contribution in [3.8, 4) is 5.75 Å². The van der Waals surface area contributed by atoms with Gasteiger partial charge in [0.15, 0.2) is 0 Å². The number of sulfonamides is 1. The molecule has 0 saturated carbocycles. The Bertz CT molecular complexity index is 767. The summed E-state index contributed by atoms with van der Waals surface area (Å²) in [4.78, 5) is 13.9. The van der Waals surface area contributed by atoms with Gasteiger partial charge < -0.3 is 10.1 Å². The number of halogens is 3. The van der Waals surface area contributed by atoms with E-state index in [1.54, 1.807) is 4.90 Å². The number of amides is 1. The Hall–Kier alpha value is -1.85. The van der Waals surface area contributed by atoms with Gasteiger partial charge in [-0.1, -0.05) is 0 Å². The van der Waals surface area contributed by atoms with E-state index in [4.69, 9.17) is 4.74 Å². The highest BCUT2D eigenvalue weighted by Gasteiger charge is 2.33. The predicted molar refractivity (Wildman–Crippen MR) is 96.5 cm³/mol. The SMILES string of the molecule is CN(C)S(=O)(=O)c1ccc(OCCN2CCCC2C(=O)NCC(F)(F)F)cc1. The van der Waals surface area contributed by atoms with Crippen LogP contribution in [0.3, 0.4) is 0 Å². The fourth-order valence-electron chi connectivity index (χ4n) is 2.90. The van der Waals surface area contributed by atoms with Crippen molar-refractivity contribution >= 4 is 15.9 Å². The summed E-state index contributed by atoms with van der Waals surface area (Å²) >= 11 is 0. The fourth-order valence-corrected chi connectivity index (χ4v) is 3.80. The summed E-state index contributed by atoms with van der Waals surface area (Å²) < 4.78 is 67.5. The molecule has 0 spiro atoms. The molecule has 28 heavy (non-hydrogen) atoms. The summed E-state index contributed by atoms with van der Waals surface area (Å²) in [5.74, 6) is -0.164. The molecule has 2 rings (SSSR count). The van der Waals surface area contributed by atoms with E-state index in [9.17, 15) is 26.4 Å². The Kier molecular flexibility index (Phi) is 7.29. The van der Waals surface area contributed by atoms with Crippen molar-refractivity contribution in [2.45, 2.75) is 30.0 Å². The van der Waals surface area contributed by atoms with Crippen LogP contribution in [0.4, 0.5) is 13.2 Å². The zero-order chi connectivity index (χ0) is 20.9. The topological polar surface area (TPSA) is 79.0 Å². The number of alkyl halides is 3. The van der Waals surface area contributed by atoms with Crippen LogP contribution in [0.5, 0.6) is 5.75 Å². The number of nitrogens with zero attached hydrogens (tertiary/aromatic N) is 2. The second-order valence-corrected chi connectivity index (χ2v) is 8.79. The first-order valence-corrected chi connectivity index (χ1v) is 10.2. The Morgan fingerprint density at radius 1 is 1.29 bits per heavy atom. The second kappa shape index (κ2) is 9.10. The average Bonchev–Trinajstić information content (AvgIpc) is 3.08. The summed E-state index contributed by atoms with van der Waals surface area (Å²) in [6, 6.07) is 5.35. The van der Waals surface area contributed by atoms with Crippen LogP contribution in [0.1, 0.15) is 12.8 Å². The van der Waals surface area contributed by atoms with E-state index in [1.165, 1.54) is 38.4 Å². The van der Waals surface area contributed by atoms with Gasteiger partial charge in [-0.3, -0.25) is 9.69 Å². The molecule has 1 aliphatic heterocycles. The standard InChI is InChI=1S/C17H24F3N3O4S/c1-22(2)28(25,26)14-7-5-13(6-8-14)27-11-10-23-9-3-4-15(23)16(24)21-12-17(18,19)20/h5-8,15H,3-4,9-12H2,1-2H3,(H,21,24). The van der Waals surface area contributed by atoms with Gasteiger partial charge in [0.05, 0.1) is 10.9 Å². The number of nitrogens with one attached hydrogen (secondary N) is 1. The monoisotopic (exact) mass is 423 g/mol. The van der Waals surface area contributed by atoms with Crippen molar-refractivity contribution in [1.82, 2.24) is 14.5 Å². The lowest BCUT2D eigenvalue weighted by molar-refractivity contribution is -0.141. The molecule has 0 aliphatic carbocycles. The van der Waals surface area contributed by atoms with E-state index < -0.39 is 34.7 Å². The average molecular weight is 423 g/mol. The van der Waals surface area contributed by atoms with Crippen LogP contribution in [0.15, 0.2) is 29.2 Å². The molecular formula is C17H24F3N3O4S. The summed E-state index contributed by atoms with van der Waals surface area (Å²) in [5, 5.41) is 1.92. The van der Waals surface area contributed by atoms with Crippen molar-refractivity contribution in [2.75, 3.05) is 40.3 Å². The van der Waals surface area contributed by atoms with Gasteiger partial charge in [0.25, 0.3) is 0 Å². The van der Waals surface area contributed by atoms with Gasteiger partial charge in [-0.15, -0.1) is 0 Å². The third-order valence-electron chi connectivity index (χ3n) is 4.38. The first-order valence-electron chi connectivity index (χ1n) is 8.74. The molecule has 158 valence electrons. The Balaban J connectivity index is 1.84. The van der Waals surface area contributed by atoms with Crippen LogP contribution in [-0.2, 0) is 14.8 Å². The number of rotatable bonds is 8. The largest absolute Gasteiger partial charge is 0.492 e.